The highest BCUT2D eigenvalue weighted by atomic mass is 16.5. The van der Waals surface area contributed by atoms with E-state index in [4.69, 9.17) is 10.5 Å². The molecule has 0 aliphatic carbocycles. The van der Waals surface area contributed by atoms with Crippen LogP contribution in [-0.2, 0) is 4.74 Å². The highest BCUT2D eigenvalue weighted by Crippen LogP contribution is 2.07. The van der Waals surface area contributed by atoms with Gasteiger partial charge in [-0.15, -0.1) is 0 Å². The van der Waals surface area contributed by atoms with Crippen LogP contribution >= 0.6 is 0 Å². The Morgan fingerprint density at radius 3 is 2.36 bits per heavy atom. The van der Waals surface area contributed by atoms with Crippen LogP contribution in [-0.4, -0.2) is 18.8 Å². The third-order valence-corrected chi connectivity index (χ3v) is 1.73. The van der Waals surface area contributed by atoms with E-state index in [9.17, 15) is 0 Å². The molecule has 0 amide bonds. The number of hydrogen-bond acceptors (Lipinski definition) is 2. The van der Waals surface area contributed by atoms with Gasteiger partial charge in [0.1, 0.15) is 0 Å². The summed E-state index contributed by atoms with van der Waals surface area (Å²) in [6.45, 7) is 7.68. The smallest absolute Gasteiger partial charge is 0.0748 e. The van der Waals surface area contributed by atoms with Crippen LogP contribution < -0.4 is 5.73 Å². The number of unbranched alkanes of at least 4 members (excludes halogenated alkanes) is 2. The lowest BCUT2D eigenvalue weighted by molar-refractivity contribution is -0.0120. The third kappa shape index (κ3) is 6.32. The Balaban J connectivity index is 3.23. The number of hydrogen-bond donors (Lipinski definition) is 1. The van der Waals surface area contributed by atoms with Crippen molar-refractivity contribution in [3.63, 3.8) is 0 Å². The van der Waals surface area contributed by atoms with Gasteiger partial charge in [0.05, 0.1) is 5.60 Å². The lowest BCUT2D eigenvalue weighted by Gasteiger charge is -2.22. The van der Waals surface area contributed by atoms with E-state index in [0.717, 1.165) is 13.0 Å². The number of rotatable bonds is 6. The molecule has 0 unspecified atom stereocenters. The summed E-state index contributed by atoms with van der Waals surface area (Å²) in [6.07, 6.45) is 3.65. The van der Waals surface area contributed by atoms with Crippen molar-refractivity contribution in [1.29, 1.82) is 0 Å². The van der Waals surface area contributed by atoms with Gasteiger partial charge in [-0.2, -0.15) is 0 Å². The molecule has 0 atom stereocenters. The summed E-state index contributed by atoms with van der Waals surface area (Å²) < 4.78 is 5.56. The zero-order valence-corrected chi connectivity index (χ0v) is 8.02. The average Bonchev–Trinajstić information content (AvgIpc) is 1.99. The van der Waals surface area contributed by atoms with Gasteiger partial charge in [-0.05, 0) is 20.3 Å². The molecule has 2 heteroatoms. The van der Waals surface area contributed by atoms with E-state index in [1.165, 1.54) is 12.8 Å². The van der Waals surface area contributed by atoms with Gasteiger partial charge in [-0.25, -0.2) is 0 Å². The Morgan fingerprint density at radius 1 is 1.27 bits per heavy atom. The third-order valence-electron chi connectivity index (χ3n) is 1.73. The maximum Gasteiger partial charge on any atom is 0.0748 e. The maximum atomic E-state index is 5.56. The Labute approximate surface area is 70.1 Å². The molecule has 11 heavy (non-hydrogen) atoms. The lowest BCUT2D eigenvalue weighted by Crippen LogP contribution is -2.34. The predicted octanol–water partition coefficient (Wildman–Crippen LogP) is 1.93. The number of nitrogens with two attached hydrogens (primary N) is 1. The molecule has 2 nitrogen and oxygen atoms in total. The van der Waals surface area contributed by atoms with E-state index in [1.54, 1.807) is 0 Å². The van der Waals surface area contributed by atoms with Gasteiger partial charge in [0.25, 0.3) is 0 Å². The van der Waals surface area contributed by atoms with E-state index >= 15 is 0 Å². The molecule has 0 saturated carbocycles. The Morgan fingerprint density at radius 2 is 1.91 bits per heavy atom. The van der Waals surface area contributed by atoms with Crippen LogP contribution in [0.5, 0.6) is 0 Å². The average molecular weight is 159 g/mol. The first-order valence-electron chi connectivity index (χ1n) is 4.46. The van der Waals surface area contributed by atoms with Gasteiger partial charge in [0.2, 0.25) is 0 Å². The standard InChI is InChI=1S/C9H21NO/c1-4-5-6-7-11-9(2,3)8-10/h4-8,10H2,1-3H3. The minimum atomic E-state index is -0.131. The van der Waals surface area contributed by atoms with Gasteiger partial charge in [0, 0.05) is 13.2 Å². The second-order valence-corrected chi connectivity index (χ2v) is 3.52. The van der Waals surface area contributed by atoms with Crippen LogP contribution in [0.1, 0.15) is 40.0 Å². The monoisotopic (exact) mass is 159 g/mol. The van der Waals surface area contributed by atoms with Crippen LogP contribution in [0.2, 0.25) is 0 Å². The zero-order valence-electron chi connectivity index (χ0n) is 8.02. The first kappa shape index (κ1) is 10.9. The fraction of sp³-hybridized carbons (Fsp3) is 1.00. The lowest BCUT2D eigenvalue weighted by atomic mass is 10.1. The normalized spacial score (nSPS) is 12.0. The summed E-state index contributed by atoms with van der Waals surface area (Å²) in [5, 5.41) is 0. The molecule has 0 fully saturated rings. The second kappa shape index (κ2) is 5.56. The van der Waals surface area contributed by atoms with Crippen LogP contribution in [0.25, 0.3) is 0 Å². The molecule has 0 radical (unpaired) electrons. The van der Waals surface area contributed by atoms with Crippen molar-refractivity contribution < 1.29 is 4.74 Å². The quantitative estimate of drug-likeness (QED) is 0.601. The molecule has 0 aliphatic rings. The van der Waals surface area contributed by atoms with E-state index in [1.807, 2.05) is 13.8 Å². The maximum absolute atomic E-state index is 5.56. The minimum Gasteiger partial charge on any atom is -0.374 e. The summed E-state index contributed by atoms with van der Waals surface area (Å²) in [5.74, 6) is 0. The largest absolute Gasteiger partial charge is 0.374 e. The van der Waals surface area contributed by atoms with E-state index in [2.05, 4.69) is 6.92 Å². The van der Waals surface area contributed by atoms with E-state index < -0.39 is 0 Å². The molecular formula is C9H21NO. The van der Waals surface area contributed by atoms with Gasteiger partial charge in [-0.1, -0.05) is 19.8 Å². The predicted molar refractivity (Wildman–Crippen MR) is 48.6 cm³/mol. The van der Waals surface area contributed by atoms with Crippen molar-refractivity contribution in [1.82, 2.24) is 0 Å². The van der Waals surface area contributed by atoms with Crippen molar-refractivity contribution in [3.05, 3.63) is 0 Å². The second-order valence-electron chi connectivity index (χ2n) is 3.52. The topological polar surface area (TPSA) is 35.2 Å². The van der Waals surface area contributed by atoms with Crippen molar-refractivity contribution in [3.8, 4) is 0 Å². The van der Waals surface area contributed by atoms with Crippen LogP contribution in [0.3, 0.4) is 0 Å². The summed E-state index contributed by atoms with van der Waals surface area (Å²) in [5.41, 5.74) is 5.36. The summed E-state index contributed by atoms with van der Waals surface area (Å²) in [6, 6.07) is 0. The summed E-state index contributed by atoms with van der Waals surface area (Å²) in [7, 11) is 0. The van der Waals surface area contributed by atoms with Crippen molar-refractivity contribution in [2.75, 3.05) is 13.2 Å². The first-order chi connectivity index (χ1) is 5.12. The fourth-order valence-corrected chi connectivity index (χ4v) is 0.759. The van der Waals surface area contributed by atoms with Gasteiger partial charge < -0.3 is 10.5 Å². The van der Waals surface area contributed by atoms with Crippen molar-refractivity contribution >= 4 is 0 Å². The molecule has 0 heterocycles. The van der Waals surface area contributed by atoms with Gasteiger partial charge in [-0.3, -0.25) is 0 Å². The Hall–Kier alpha value is -0.0800. The Kier molecular flexibility index (Phi) is 5.51. The molecule has 0 bridgehead atoms. The molecule has 0 rings (SSSR count). The van der Waals surface area contributed by atoms with Gasteiger partial charge >= 0.3 is 0 Å². The molecule has 0 saturated heterocycles. The van der Waals surface area contributed by atoms with Crippen LogP contribution in [0.4, 0.5) is 0 Å². The zero-order chi connectivity index (χ0) is 8.74. The summed E-state index contributed by atoms with van der Waals surface area (Å²) >= 11 is 0. The molecule has 0 aromatic heterocycles. The van der Waals surface area contributed by atoms with Gasteiger partial charge in [0.15, 0.2) is 0 Å². The molecule has 0 aromatic rings. The molecular weight excluding hydrogens is 138 g/mol. The molecule has 0 spiro atoms. The summed E-state index contributed by atoms with van der Waals surface area (Å²) in [4.78, 5) is 0. The minimum absolute atomic E-state index is 0.131. The molecule has 0 aromatic carbocycles. The van der Waals surface area contributed by atoms with Crippen molar-refractivity contribution in [2.24, 2.45) is 5.73 Å². The van der Waals surface area contributed by atoms with Crippen LogP contribution in [0.15, 0.2) is 0 Å². The number of ether oxygens (including phenoxy) is 1. The molecule has 2 N–H and O–H groups in total. The van der Waals surface area contributed by atoms with Crippen LogP contribution in [0, 0.1) is 0 Å². The molecule has 0 aliphatic heterocycles. The highest BCUT2D eigenvalue weighted by molar-refractivity contribution is 4.68. The fourth-order valence-electron chi connectivity index (χ4n) is 0.759. The van der Waals surface area contributed by atoms with E-state index in [0.29, 0.717) is 6.54 Å². The van der Waals surface area contributed by atoms with E-state index in [-0.39, 0.29) is 5.60 Å². The SMILES string of the molecule is CCCCCOC(C)(C)CN. The van der Waals surface area contributed by atoms with Crippen molar-refractivity contribution in [2.45, 2.75) is 45.6 Å². The first-order valence-corrected chi connectivity index (χ1v) is 4.46. The highest BCUT2D eigenvalue weighted by Gasteiger charge is 2.14. The molecule has 68 valence electrons. The Bertz CT molecular complexity index is 91.6.